The summed E-state index contributed by atoms with van der Waals surface area (Å²) < 4.78 is 33.0. The number of ether oxygens (including phenoxy) is 1. The van der Waals surface area contributed by atoms with Gasteiger partial charge in [0.1, 0.15) is 5.75 Å². The van der Waals surface area contributed by atoms with Crippen LogP contribution in [0.1, 0.15) is 34.1 Å². The Hall–Kier alpha value is -2.54. The van der Waals surface area contributed by atoms with Crippen LogP contribution in [0.15, 0.2) is 53.4 Å². The monoisotopic (exact) mass is 404 g/mol. The van der Waals surface area contributed by atoms with Crippen LogP contribution in [0.5, 0.6) is 5.75 Å². The maximum absolute atomic E-state index is 13.2. The number of anilines is 2. The highest BCUT2D eigenvalue weighted by Crippen LogP contribution is 2.31. The molecule has 0 spiro atoms. The van der Waals surface area contributed by atoms with Crippen molar-refractivity contribution in [2.24, 2.45) is 5.41 Å². The normalized spacial score (nSPS) is 11.8. The van der Waals surface area contributed by atoms with Crippen molar-refractivity contribution >= 4 is 27.3 Å². The Kier molecular flexibility index (Phi) is 6.72. The van der Waals surface area contributed by atoms with E-state index in [-0.39, 0.29) is 22.8 Å². The SMILES string of the molecule is CCN(c1ccccc1)S(=O)(=O)c1ccc(OC)c(NC(=O)CC(C)(C)C)c1. The largest absolute Gasteiger partial charge is 0.495 e. The summed E-state index contributed by atoms with van der Waals surface area (Å²) >= 11 is 0. The molecule has 0 aliphatic heterocycles. The fourth-order valence-electron chi connectivity index (χ4n) is 2.83. The Labute approximate surface area is 167 Å². The molecule has 2 aromatic rings. The van der Waals surface area contributed by atoms with Crippen LogP contribution in [-0.4, -0.2) is 28.0 Å². The van der Waals surface area contributed by atoms with E-state index in [1.807, 2.05) is 26.8 Å². The first kappa shape index (κ1) is 21.8. The van der Waals surface area contributed by atoms with Crippen LogP contribution in [0.25, 0.3) is 0 Å². The van der Waals surface area contributed by atoms with Crippen molar-refractivity contribution in [3.63, 3.8) is 0 Å². The average Bonchev–Trinajstić information content (AvgIpc) is 2.61. The Balaban J connectivity index is 2.41. The minimum Gasteiger partial charge on any atom is -0.495 e. The number of hydrogen-bond acceptors (Lipinski definition) is 4. The first-order valence-electron chi connectivity index (χ1n) is 9.14. The van der Waals surface area contributed by atoms with Gasteiger partial charge in [0.25, 0.3) is 10.0 Å². The van der Waals surface area contributed by atoms with Gasteiger partial charge in [0, 0.05) is 13.0 Å². The van der Waals surface area contributed by atoms with Crippen LogP contribution in [-0.2, 0) is 14.8 Å². The summed E-state index contributed by atoms with van der Waals surface area (Å²) in [4.78, 5) is 12.4. The molecule has 28 heavy (non-hydrogen) atoms. The number of carbonyl (C=O) groups is 1. The van der Waals surface area contributed by atoms with Crippen molar-refractivity contribution in [2.45, 2.75) is 39.0 Å². The van der Waals surface area contributed by atoms with Crippen molar-refractivity contribution in [1.29, 1.82) is 0 Å². The van der Waals surface area contributed by atoms with Gasteiger partial charge in [-0.05, 0) is 42.7 Å². The van der Waals surface area contributed by atoms with E-state index >= 15 is 0 Å². The van der Waals surface area contributed by atoms with Gasteiger partial charge in [-0.25, -0.2) is 8.42 Å². The van der Waals surface area contributed by atoms with Crippen LogP contribution in [0.2, 0.25) is 0 Å². The summed E-state index contributed by atoms with van der Waals surface area (Å²) in [6, 6.07) is 13.4. The molecule has 6 nitrogen and oxygen atoms in total. The highest BCUT2D eigenvalue weighted by Gasteiger charge is 2.25. The van der Waals surface area contributed by atoms with Gasteiger partial charge in [-0.15, -0.1) is 0 Å². The lowest BCUT2D eigenvalue weighted by atomic mass is 9.92. The topological polar surface area (TPSA) is 75.7 Å². The molecule has 0 saturated heterocycles. The molecule has 0 aliphatic rings. The Morgan fingerprint density at radius 1 is 1.11 bits per heavy atom. The minimum absolute atomic E-state index is 0.0880. The van der Waals surface area contributed by atoms with E-state index in [4.69, 9.17) is 4.74 Å². The molecule has 0 saturated carbocycles. The van der Waals surface area contributed by atoms with Gasteiger partial charge in [0.2, 0.25) is 5.91 Å². The predicted molar refractivity (Wildman–Crippen MR) is 112 cm³/mol. The first-order chi connectivity index (χ1) is 13.1. The molecule has 0 heterocycles. The lowest BCUT2D eigenvalue weighted by Crippen LogP contribution is -2.30. The number of amides is 1. The Morgan fingerprint density at radius 3 is 2.29 bits per heavy atom. The van der Waals surface area contributed by atoms with Gasteiger partial charge in [-0.3, -0.25) is 9.10 Å². The second-order valence-corrected chi connectivity index (χ2v) is 9.52. The lowest BCUT2D eigenvalue weighted by Gasteiger charge is -2.24. The van der Waals surface area contributed by atoms with E-state index in [0.717, 1.165) is 0 Å². The summed E-state index contributed by atoms with van der Waals surface area (Å²) in [5.74, 6) is 0.208. The van der Waals surface area contributed by atoms with Gasteiger partial charge in [0.15, 0.2) is 0 Å². The van der Waals surface area contributed by atoms with Crippen LogP contribution in [0.4, 0.5) is 11.4 Å². The number of nitrogens with zero attached hydrogens (tertiary/aromatic N) is 1. The smallest absolute Gasteiger partial charge is 0.264 e. The van der Waals surface area contributed by atoms with Crippen LogP contribution < -0.4 is 14.4 Å². The summed E-state index contributed by atoms with van der Waals surface area (Å²) in [6.07, 6.45) is 0.304. The number of para-hydroxylation sites is 1. The summed E-state index contributed by atoms with van der Waals surface area (Å²) in [5, 5.41) is 2.78. The summed E-state index contributed by atoms with van der Waals surface area (Å²) in [5.41, 5.74) is 0.730. The fourth-order valence-corrected chi connectivity index (χ4v) is 4.33. The van der Waals surface area contributed by atoms with E-state index in [9.17, 15) is 13.2 Å². The van der Waals surface area contributed by atoms with Crippen LogP contribution in [0, 0.1) is 5.41 Å². The maximum Gasteiger partial charge on any atom is 0.264 e. The predicted octanol–water partition coefficient (Wildman–Crippen LogP) is 4.29. The second-order valence-electron chi connectivity index (χ2n) is 7.65. The quantitative estimate of drug-likeness (QED) is 0.747. The van der Waals surface area contributed by atoms with E-state index in [1.165, 1.54) is 23.5 Å². The van der Waals surface area contributed by atoms with Crippen LogP contribution in [0.3, 0.4) is 0 Å². The third-order valence-corrected chi connectivity index (χ3v) is 5.95. The molecule has 0 bridgehead atoms. The summed E-state index contributed by atoms with van der Waals surface area (Å²) in [6.45, 7) is 7.95. The second kappa shape index (κ2) is 8.65. The van der Waals surface area contributed by atoms with E-state index in [0.29, 0.717) is 23.5 Å². The third-order valence-electron chi connectivity index (χ3n) is 4.06. The zero-order chi connectivity index (χ0) is 20.9. The van der Waals surface area contributed by atoms with Crippen molar-refractivity contribution in [1.82, 2.24) is 0 Å². The maximum atomic E-state index is 13.2. The molecule has 7 heteroatoms. The Bertz CT molecular complexity index is 919. The lowest BCUT2D eigenvalue weighted by molar-refractivity contribution is -0.117. The van der Waals surface area contributed by atoms with Gasteiger partial charge >= 0.3 is 0 Å². The summed E-state index contributed by atoms with van der Waals surface area (Å²) in [7, 11) is -2.32. The number of carbonyl (C=O) groups excluding carboxylic acids is 1. The van der Waals surface area contributed by atoms with E-state index in [2.05, 4.69) is 5.32 Å². The fraction of sp³-hybridized carbons (Fsp3) is 0.381. The van der Waals surface area contributed by atoms with Crippen LogP contribution >= 0.6 is 0 Å². The minimum atomic E-state index is -3.80. The molecule has 0 aromatic heterocycles. The van der Waals surface area contributed by atoms with Crippen molar-refractivity contribution in [3.8, 4) is 5.75 Å². The van der Waals surface area contributed by atoms with Crippen molar-refractivity contribution in [2.75, 3.05) is 23.3 Å². The zero-order valence-corrected chi connectivity index (χ0v) is 17.8. The molecule has 152 valence electrons. The standard InChI is InChI=1S/C21H28N2O4S/c1-6-23(16-10-8-7-9-11-16)28(25,26)17-12-13-19(27-5)18(14-17)22-20(24)15-21(2,3)4/h7-14H,6,15H2,1-5H3,(H,22,24). The van der Waals surface area contributed by atoms with Crippen molar-refractivity contribution < 1.29 is 17.9 Å². The van der Waals surface area contributed by atoms with Gasteiger partial charge in [0.05, 0.1) is 23.4 Å². The number of sulfonamides is 1. The highest BCUT2D eigenvalue weighted by atomic mass is 32.2. The molecule has 0 aliphatic carbocycles. The van der Waals surface area contributed by atoms with E-state index < -0.39 is 10.0 Å². The van der Waals surface area contributed by atoms with Gasteiger partial charge < -0.3 is 10.1 Å². The third kappa shape index (κ3) is 5.25. The van der Waals surface area contributed by atoms with E-state index in [1.54, 1.807) is 37.3 Å². The number of nitrogens with one attached hydrogen (secondary N) is 1. The molecule has 0 fully saturated rings. The number of rotatable bonds is 7. The highest BCUT2D eigenvalue weighted by molar-refractivity contribution is 7.92. The molecular formula is C21H28N2O4S. The average molecular weight is 405 g/mol. The molecule has 2 rings (SSSR count). The molecule has 1 N–H and O–H groups in total. The Morgan fingerprint density at radius 2 is 1.75 bits per heavy atom. The molecule has 1 amide bonds. The molecule has 2 aromatic carbocycles. The first-order valence-corrected chi connectivity index (χ1v) is 10.6. The molecule has 0 radical (unpaired) electrons. The number of benzene rings is 2. The molecule has 0 unspecified atom stereocenters. The van der Waals surface area contributed by atoms with Crippen molar-refractivity contribution in [3.05, 3.63) is 48.5 Å². The molecular weight excluding hydrogens is 376 g/mol. The molecule has 0 atom stereocenters. The zero-order valence-electron chi connectivity index (χ0n) is 17.0. The number of methoxy groups -OCH3 is 1. The number of hydrogen-bond donors (Lipinski definition) is 1. The van der Waals surface area contributed by atoms with Gasteiger partial charge in [-0.1, -0.05) is 39.0 Å². The van der Waals surface area contributed by atoms with Gasteiger partial charge in [-0.2, -0.15) is 0 Å².